The summed E-state index contributed by atoms with van der Waals surface area (Å²) in [4.78, 5) is 76.8. The van der Waals surface area contributed by atoms with Gasteiger partial charge < -0.3 is 24.6 Å². The molecule has 16 heteroatoms. The minimum atomic E-state index is -0.557. The number of benzene rings is 3. The van der Waals surface area contributed by atoms with Gasteiger partial charge >= 0.3 is 6.03 Å². The molecule has 9 rings (SSSR count). The zero-order valence-corrected chi connectivity index (χ0v) is 36.3. The molecule has 3 saturated heterocycles. The molecular weight excluding hydrogens is 825 g/mol. The third-order valence-corrected chi connectivity index (χ3v) is 13.5. The molecule has 1 atom stereocenters. The van der Waals surface area contributed by atoms with E-state index in [9.17, 15) is 24.0 Å². The van der Waals surface area contributed by atoms with Crippen LogP contribution in [0.25, 0.3) is 27.6 Å². The van der Waals surface area contributed by atoms with Gasteiger partial charge in [-0.25, -0.2) is 9.18 Å². The number of nitrogens with zero attached hydrogens (tertiary/aromatic N) is 7. The Labute approximate surface area is 369 Å². The van der Waals surface area contributed by atoms with Crippen LogP contribution < -0.4 is 15.1 Å². The van der Waals surface area contributed by atoms with Gasteiger partial charge in [0, 0.05) is 119 Å². The minimum Gasteiger partial charge on any atom is -0.371 e. The Kier molecular flexibility index (Phi) is 11.1. The molecule has 1 spiro atoms. The predicted molar refractivity (Wildman–Crippen MR) is 239 cm³/mol. The van der Waals surface area contributed by atoms with Crippen LogP contribution in [0.1, 0.15) is 64.1 Å². The van der Waals surface area contributed by atoms with Gasteiger partial charge in [0.05, 0.1) is 16.2 Å². The van der Waals surface area contributed by atoms with Crippen molar-refractivity contribution in [1.29, 1.82) is 0 Å². The number of likely N-dealkylation sites (tertiary alicyclic amines) is 1. The quantitative estimate of drug-likeness (QED) is 0.167. The fourth-order valence-corrected chi connectivity index (χ4v) is 9.75. The maximum Gasteiger partial charge on any atom is 0.328 e. The molecule has 14 nitrogen and oxygen atoms in total. The zero-order valence-electron chi connectivity index (χ0n) is 35.5. The number of carbonyl (C=O) groups is 5. The average molecular weight is 874 g/mol. The molecule has 326 valence electrons. The Morgan fingerprint density at radius 1 is 0.952 bits per heavy atom. The van der Waals surface area contributed by atoms with Gasteiger partial charge in [-0.05, 0) is 90.9 Å². The molecule has 0 saturated carbocycles. The number of carbonyl (C=O) groups excluding carboxylic acids is 5. The van der Waals surface area contributed by atoms with Crippen LogP contribution in [0.4, 0.5) is 20.6 Å². The number of hydrogen-bond acceptors (Lipinski definition) is 7. The Hall–Kier alpha value is -6.48. The lowest BCUT2D eigenvalue weighted by molar-refractivity contribution is -0.131. The number of urea groups is 1. The van der Waals surface area contributed by atoms with Crippen molar-refractivity contribution >= 4 is 69.1 Å². The topological polar surface area (TPSA) is 147 Å². The third-order valence-electron chi connectivity index (χ3n) is 13.0. The van der Waals surface area contributed by atoms with Crippen LogP contribution in [0.3, 0.4) is 0 Å². The lowest BCUT2D eigenvalue weighted by Gasteiger charge is -2.29. The molecule has 1 unspecified atom stereocenters. The van der Waals surface area contributed by atoms with Gasteiger partial charge in [-0.15, -0.1) is 0 Å². The van der Waals surface area contributed by atoms with Crippen LogP contribution >= 0.6 is 11.6 Å². The van der Waals surface area contributed by atoms with Crippen molar-refractivity contribution < 1.29 is 28.4 Å². The van der Waals surface area contributed by atoms with E-state index in [0.717, 1.165) is 42.7 Å². The largest absolute Gasteiger partial charge is 0.371 e. The monoisotopic (exact) mass is 873 g/mol. The van der Waals surface area contributed by atoms with E-state index in [0.29, 0.717) is 71.0 Å². The third kappa shape index (κ3) is 8.05. The van der Waals surface area contributed by atoms with Crippen molar-refractivity contribution in [2.24, 2.45) is 5.41 Å². The van der Waals surface area contributed by atoms with Crippen LogP contribution in [0, 0.1) is 18.2 Å². The van der Waals surface area contributed by atoms with E-state index in [-0.39, 0.29) is 66.2 Å². The second-order valence-electron chi connectivity index (χ2n) is 17.4. The summed E-state index contributed by atoms with van der Waals surface area (Å²) < 4.78 is 18.4. The molecule has 0 aliphatic carbocycles. The molecule has 6 heterocycles. The van der Waals surface area contributed by atoms with Gasteiger partial charge in [0.15, 0.2) is 5.82 Å². The van der Waals surface area contributed by atoms with E-state index in [1.54, 1.807) is 55.0 Å². The number of anilines is 2. The number of halogens is 2. The highest BCUT2D eigenvalue weighted by Gasteiger charge is 2.45. The SMILES string of the molecule is Cc1cc(C(=O)N2CCC3(CCN(c4ccc(-c5cc(C6=CCCN(C(=O)CCn7cccn7)C6)c(F)c6[nH]c(C(=O)N(C)C)cc56)cc4)C3)C2)cc(N2CCC(=O)NC2=O)c1Cl. The van der Waals surface area contributed by atoms with E-state index in [1.165, 1.54) is 9.80 Å². The van der Waals surface area contributed by atoms with Crippen LogP contribution in [-0.2, 0) is 16.1 Å². The Morgan fingerprint density at radius 2 is 1.75 bits per heavy atom. The standard InChI is InChI=1S/C47H49ClFN9O5/c1-29-22-32(23-38(41(29)48)58-19-11-39(59)52-46(58)63)44(61)56-21-14-47(28-56)13-20-55(27-47)33-9-7-30(8-10-33)34-24-35(42(49)43-36(34)25-37(51-43)45(62)53(2)3)31-6-4-16-54(26-31)40(60)12-18-57-17-5-15-50-57/h5-10,15,17,22-25,51H,4,11-14,16,18-21,26-28H2,1-3H3,(H,52,59,63). The summed E-state index contributed by atoms with van der Waals surface area (Å²) in [6, 6.07) is 16.4. The maximum atomic E-state index is 16.7. The van der Waals surface area contributed by atoms with Crippen molar-refractivity contribution in [1.82, 2.24) is 34.8 Å². The number of hydrogen-bond donors (Lipinski definition) is 2. The van der Waals surface area contributed by atoms with Crippen molar-refractivity contribution in [2.45, 2.75) is 45.6 Å². The lowest BCUT2D eigenvalue weighted by Crippen LogP contribution is -2.49. The smallest absolute Gasteiger partial charge is 0.328 e. The molecule has 4 aliphatic heterocycles. The first-order valence-corrected chi connectivity index (χ1v) is 21.7. The van der Waals surface area contributed by atoms with Gasteiger partial charge in [0.2, 0.25) is 11.8 Å². The fourth-order valence-electron chi connectivity index (χ4n) is 9.54. The van der Waals surface area contributed by atoms with Crippen LogP contribution in [0.2, 0.25) is 5.02 Å². The van der Waals surface area contributed by atoms with Crippen molar-refractivity contribution in [2.75, 3.05) is 69.7 Å². The number of aromatic nitrogens is 3. The number of fused-ring (bicyclic) bond motifs is 1. The highest BCUT2D eigenvalue weighted by molar-refractivity contribution is 6.35. The second-order valence-corrected chi connectivity index (χ2v) is 17.8. The average Bonchev–Trinajstić information content (AvgIpc) is 4.12. The maximum absolute atomic E-state index is 16.7. The highest BCUT2D eigenvalue weighted by Crippen LogP contribution is 2.43. The molecule has 63 heavy (non-hydrogen) atoms. The van der Waals surface area contributed by atoms with Crippen molar-refractivity contribution in [3.05, 3.63) is 106 Å². The van der Waals surface area contributed by atoms with E-state index in [2.05, 4.69) is 32.4 Å². The summed E-state index contributed by atoms with van der Waals surface area (Å²) in [7, 11) is 3.31. The Bertz CT molecular complexity index is 2690. The first-order valence-electron chi connectivity index (χ1n) is 21.4. The van der Waals surface area contributed by atoms with Gasteiger partial charge in [-0.3, -0.25) is 34.1 Å². The van der Waals surface area contributed by atoms with E-state index in [1.807, 2.05) is 41.4 Å². The number of nitrogens with one attached hydrogen (secondary N) is 2. The number of H-pyrrole nitrogens is 1. The Morgan fingerprint density at radius 3 is 2.49 bits per heavy atom. The number of imide groups is 1. The van der Waals surface area contributed by atoms with E-state index < -0.39 is 11.8 Å². The first kappa shape index (κ1) is 41.9. The number of aryl methyl sites for hydroxylation is 2. The number of aromatic amines is 1. The molecule has 3 aromatic carbocycles. The summed E-state index contributed by atoms with van der Waals surface area (Å²) in [5, 5.41) is 7.49. The molecule has 0 bridgehead atoms. The van der Waals surface area contributed by atoms with Crippen LogP contribution in [0.15, 0.2) is 73.1 Å². The molecule has 0 radical (unpaired) electrons. The van der Waals surface area contributed by atoms with Crippen LogP contribution in [-0.4, -0.2) is 119 Å². The molecule has 2 N–H and O–H groups in total. The van der Waals surface area contributed by atoms with Gasteiger partial charge in [-0.1, -0.05) is 29.8 Å². The number of amides is 6. The number of rotatable bonds is 9. The Balaban J connectivity index is 0.932. The highest BCUT2D eigenvalue weighted by atomic mass is 35.5. The normalized spacial score (nSPS) is 19.0. The van der Waals surface area contributed by atoms with E-state index in [4.69, 9.17) is 11.6 Å². The minimum absolute atomic E-state index is 0.0247. The summed E-state index contributed by atoms with van der Waals surface area (Å²) in [5.41, 5.74) is 5.71. The van der Waals surface area contributed by atoms with Crippen LogP contribution in [0.5, 0.6) is 0 Å². The molecular formula is C47H49ClFN9O5. The zero-order chi connectivity index (χ0) is 44.2. The summed E-state index contributed by atoms with van der Waals surface area (Å²) in [6.07, 6.45) is 8.28. The molecule has 3 fully saturated rings. The second kappa shape index (κ2) is 16.7. The molecule has 4 aliphatic rings. The summed E-state index contributed by atoms with van der Waals surface area (Å²) in [6.45, 7) is 6.05. The van der Waals surface area contributed by atoms with Crippen molar-refractivity contribution in [3.8, 4) is 11.1 Å². The van der Waals surface area contributed by atoms with Gasteiger partial charge in [0.1, 0.15) is 5.69 Å². The summed E-state index contributed by atoms with van der Waals surface area (Å²) >= 11 is 6.63. The lowest BCUT2D eigenvalue weighted by atomic mass is 9.86. The summed E-state index contributed by atoms with van der Waals surface area (Å²) in [5.74, 6) is -1.23. The van der Waals surface area contributed by atoms with E-state index >= 15 is 4.39 Å². The van der Waals surface area contributed by atoms with Gasteiger partial charge in [0.25, 0.3) is 11.8 Å². The first-order chi connectivity index (χ1) is 30.3. The predicted octanol–water partition coefficient (Wildman–Crippen LogP) is 6.73. The molecule has 2 aromatic heterocycles. The fraction of sp³-hybridized carbons (Fsp3) is 0.362. The molecule has 6 amide bonds. The van der Waals surface area contributed by atoms with Gasteiger partial charge in [-0.2, -0.15) is 5.10 Å². The molecule has 5 aromatic rings. The van der Waals surface area contributed by atoms with Crippen molar-refractivity contribution in [3.63, 3.8) is 0 Å².